The Kier molecular flexibility index (Phi) is 3.35. The second kappa shape index (κ2) is 5.03. The molecule has 2 bridgehead atoms. The summed E-state index contributed by atoms with van der Waals surface area (Å²) in [4.78, 5) is 15.2. The molecule has 3 nitrogen and oxygen atoms in total. The lowest BCUT2D eigenvalue weighted by atomic mass is 9.83. The SMILES string of the molecule is Cc1cc(C#N)ccc1C(=O)C1CC2CCC(C1)N2C. The second-order valence-corrected chi connectivity index (χ2v) is 6.22. The highest BCUT2D eigenvalue weighted by molar-refractivity contribution is 5.99. The van der Waals surface area contributed by atoms with Gasteiger partial charge in [0.25, 0.3) is 0 Å². The van der Waals surface area contributed by atoms with Crippen molar-refractivity contribution in [1.82, 2.24) is 4.90 Å². The lowest BCUT2D eigenvalue weighted by Crippen LogP contribution is -2.42. The van der Waals surface area contributed by atoms with Gasteiger partial charge in [0.1, 0.15) is 0 Å². The summed E-state index contributed by atoms with van der Waals surface area (Å²) in [6.07, 6.45) is 4.45. The summed E-state index contributed by atoms with van der Waals surface area (Å²) in [6, 6.07) is 8.69. The van der Waals surface area contributed by atoms with Crippen molar-refractivity contribution >= 4 is 5.78 Å². The first-order valence-electron chi connectivity index (χ1n) is 7.37. The Bertz CT molecular complexity index is 573. The van der Waals surface area contributed by atoms with Crippen LogP contribution in [0.3, 0.4) is 0 Å². The molecule has 104 valence electrons. The molecule has 2 fully saturated rings. The van der Waals surface area contributed by atoms with E-state index in [0.29, 0.717) is 17.6 Å². The summed E-state index contributed by atoms with van der Waals surface area (Å²) in [5.41, 5.74) is 2.36. The van der Waals surface area contributed by atoms with Crippen LogP contribution in [-0.4, -0.2) is 29.8 Å². The normalized spacial score (nSPS) is 29.1. The van der Waals surface area contributed by atoms with Crippen molar-refractivity contribution in [1.29, 1.82) is 5.26 Å². The van der Waals surface area contributed by atoms with E-state index < -0.39 is 0 Å². The Labute approximate surface area is 120 Å². The molecule has 2 unspecified atom stereocenters. The van der Waals surface area contributed by atoms with Crippen molar-refractivity contribution in [2.45, 2.75) is 44.7 Å². The van der Waals surface area contributed by atoms with Crippen molar-refractivity contribution in [2.75, 3.05) is 7.05 Å². The Morgan fingerprint density at radius 1 is 1.30 bits per heavy atom. The van der Waals surface area contributed by atoms with Crippen LogP contribution >= 0.6 is 0 Å². The van der Waals surface area contributed by atoms with E-state index in [4.69, 9.17) is 5.26 Å². The number of carbonyl (C=O) groups excluding carboxylic acids is 1. The number of Topliss-reactive ketones (excluding diaryl/α,β-unsaturated/α-hetero) is 1. The third-order valence-electron chi connectivity index (χ3n) is 5.09. The maximum absolute atomic E-state index is 12.7. The van der Waals surface area contributed by atoms with Gasteiger partial charge in [-0.3, -0.25) is 4.79 Å². The fourth-order valence-electron chi connectivity index (χ4n) is 3.86. The Hall–Kier alpha value is -1.66. The average Bonchev–Trinajstić information content (AvgIpc) is 2.67. The highest BCUT2D eigenvalue weighted by Crippen LogP contribution is 2.38. The maximum atomic E-state index is 12.7. The molecule has 0 N–H and O–H groups in total. The third-order valence-corrected chi connectivity index (χ3v) is 5.09. The number of piperidine rings is 1. The largest absolute Gasteiger partial charge is 0.300 e. The number of aryl methyl sites for hydroxylation is 1. The predicted octanol–water partition coefficient (Wildman–Crippen LogP) is 2.92. The van der Waals surface area contributed by atoms with Crippen molar-refractivity contribution in [2.24, 2.45) is 5.92 Å². The zero-order valence-corrected chi connectivity index (χ0v) is 12.1. The van der Waals surface area contributed by atoms with Crippen LogP contribution in [0.1, 0.15) is 47.2 Å². The van der Waals surface area contributed by atoms with Gasteiger partial charge in [-0.2, -0.15) is 5.26 Å². The topological polar surface area (TPSA) is 44.1 Å². The number of fused-ring (bicyclic) bond motifs is 2. The lowest BCUT2D eigenvalue weighted by Gasteiger charge is -2.35. The van der Waals surface area contributed by atoms with Gasteiger partial charge in [0.2, 0.25) is 0 Å². The molecule has 0 aliphatic carbocycles. The number of rotatable bonds is 2. The van der Waals surface area contributed by atoms with Gasteiger partial charge in [-0.05, 0) is 63.4 Å². The van der Waals surface area contributed by atoms with Crippen LogP contribution in [-0.2, 0) is 0 Å². The fourth-order valence-corrected chi connectivity index (χ4v) is 3.86. The molecule has 0 saturated carbocycles. The molecular formula is C17H20N2O. The molecule has 20 heavy (non-hydrogen) atoms. The molecule has 3 heteroatoms. The molecule has 1 aromatic carbocycles. The highest BCUT2D eigenvalue weighted by Gasteiger charge is 2.41. The summed E-state index contributed by atoms with van der Waals surface area (Å²) in [5, 5.41) is 8.91. The highest BCUT2D eigenvalue weighted by atomic mass is 16.1. The Morgan fingerprint density at radius 3 is 2.50 bits per heavy atom. The van der Waals surface area contributed by atoms with E-state index in [1.807, 2.05) is 19.1 Å². The summed E-state index contributed by atoms with van der Waals surface area (Å²) < 4.78 is 0. The van der Waals surface area contributed by atoms with E-state index >= 15 is 0 Å². The van der Waals surface area contributed by atoms with Gasteiger partial charge in [0.15, 0.2) is 5.78 Å². The molecule has 0 amide bonds. The summed E-state index contributed by atoms with van der Waals surface area (Å²) >= 11 is 0. The first-order valence-corrected chi connectivity index (χ1v) is 7.37. The zero-order chi connectivity index (χ0) is 14.3. The molecule has 0 spiro atoms. The minimum absolute atomic E-state index is 0.162. The van der Waals surface area contributed by atoms with Gasteiger partial charge in [-0.25, -0.2) is 0 Å². The first kappa shape index (κ1) is 13.3. The first-order chi connectivity index (χ1) is 9.60. The summed E-state index contributed by atoms with van der Waals surface area (Å²) in [6.45, 7) is 1.93. The fraction of sp³-hybridized carbons (Fsp3) is 0.529. The number of nitriles is 1. The van der Waals surface area contributed by atoms with E-state index in [-0.39, 0.29) is 11.7 Å². The molecule has 2 aliphatic heterocycles. The number of ketones is 1. The van der Waals surface area contributed by atoms with Crippen LogP contribution in [0.25, 0.3) is 0 Å². The molecule has 2 aliphatic rings. The van der Waals surface area contributed by atoms with Gasteiger partial charge in [-0.1, -0.05) is 0 Å². The van der Waals surface area contributed by atoms with Crippen LogP contribution in [0, 0.1) is 24.2 Å². The van der Waals surface area contributed by atoms with Gasteiger partial charge in [0.05, 0.1) is 11.6 Å². The second-order valence-electron chi connectivity index (χ2n) is 6.22. The third kappa shape index (κ3) is 2.14. The summed E-state index contributed by atoms with van der Waals surface area (Å²) in [7, 11) is 2.19. The monoisotopic (exact) mass is 268 g/mol. The maximum Gasteiger partial charge on any atom is 0.166 e. The smallest absolute Gasteiger partial charge is 0.166 e. The van der Waals surface area contributed by atoms with Crippen LogP contribution in [0.5, 0.6) is 0 Å². The van der Waals surface area contributed by atoms with E-state index in [1.165, 1.54) is 12.8 Å². The Balaban J connectivity index is 1.82. The van der Waals surface area contributed by atoms with E-state index in [2.05, 4.69) is 18.0 Å². The van der Waals surface area contributed by atoms with Crippen LogP contribution < -0.4 is 0 Å². The zero-order valence-electron chi connectivity index (χ0n) is 12.1. The quantitative estimate of drug-likeness (QED) is 0.775. The minimum Gasteiger partial charge on any atom is -0.300 e. The number of nitrogens with zero attached hydrogens (tertiary/aromatic N) is 2. The van der Waals surface area contributed by atoms with Crippen molar-refractivity contribution in [3.8, 4) is 6.07 Å². The van der Waals surface area contributed by atoms with Gasteiger partial charge in [-0.15, -0.1) is 0 Å². The molecule has 2 heterocycles. The molecule has 2 saturated heterocycles. The lowest BCUT2D eigenvalue weighted by molar-refractivity contribution is 0.0766. The van der Waals surface area contributed by atoms with E-state index in [1.54, 1.807) is 6.07 Å². The standard InChI is InChI=1S/C17H20N2O/c1-11-7-12(10-18)3-6-16(11)17(20)13-8-14-4-5-15(9-13)19(14)2/h3,6-7,13-15H,4-5,8-9H2,1-2H3. The Morgan fingerprint density at radius 2 is 1.95 bits per heavy atom. The van der Waals surface area contributed by atoms with Crippen LogP contribution in [0.15, 0.2) is 18.2 Å². The number of hydrogen-bond donors (Lipinski definition) is 0. The molecule has 2 atom stereocenters. The molecular weight excluding hydrogens is 248 g/mol. The van der Waals surface area contributed by atoms with Crippen LogP contribution in [0.2, 0.25) is 0 Å². The number of benzene rings is 1. The molecule has 0 radical (unpaired) electrons. The van der Waals surface area contributed by atoms with Gasteiger partial charge < -0.3 is 4.90 Å². The minimum atomic E-state index is 0.162. The number of hydrogen-bond acceptors (Lipinski definition) is 3. The molecule has 0 aromatic heterocycles. The van der Waals surface area contributed by atoms with Crippen molar-refractivity contribution < 1.29 is 4.79 Å². The predicted molar refractivity (Wildman–Crippen MR) is 77.5 cm³/mol. The molecule has 3 rings (SSSR count). The van der Waals surface area contributed by atoms with Gasteiger partial charge >= 0.3 is 0 Å². The average molecular weight is 268 g/mol. The number of carbonyl (C=O) groups is 1. The van der Waals surface area contributed by atoms with Crippen LogP contribution in [0.4, 0.5) is 0 Å². The van der Waals surface area contributed by atoms with Crippen molar-refractivity contribution in [3.63, 3.8) is 0 Å². The molecule has 1 aromatic rings. The van der Waals surface area contributed by atoms with Crippen molar-refractivity contribution in [3.05, 3.63) is 34.9 Å². The van der Waals surface area contributed by atoms with Gasteiger partial charge in [0, 0.05) is 23.6 Å². The van der Waals surface area contributed by atoms with E-state index in [0.717, 1.165) is 24.0 Å². The summed E-state index contributed by atoms with van der Waals surface area (Å²) in [5.74, 6) is 0.437. The van der Waals surface area contributed by atoms with E-state index in [9.17, 15) is 4.79 Å².